The molecular formula is C19H17N3O. The van der Waals surface area contributed by atoms with Crippen molar-refractivity contribution >= 4 is 16.7 Å². The van der Waals surface area contributed by atoms with E-state index in [-0.39, 0.29) is 0 Å². The van der Waals surface area contributed by atoms with Gasteiger partial charge in [-0.3, -0.25) is 0 Å². The Labute approximate surface area is 134 Å². The van der Waals surface area contributed by atoms with E-state index in [0.717, 1.165) is 29.2 Å². The molecule has 3 aromatic rings. The molecule has 2 aromatic carbocycles. The lowest BCUT2D eigenvalue weighted by Gasteiger charge is -2.09. The van der Waals surface area contributed by atoms with Gasteiger partial charge in [0.2, 0.25) is 17.5 Å². The van der Waals surface area contributed by atoms with Gasteiger partial charge in [0, 0.05) is 11.6 Å². The number of benzene rings is 2. The second kappa shape index (κ2) is 5.77. The molecule has 0 bridgehead atoms. The number of nitriles is 1. The van der Waals surface area contributed by atoms with Crippen molar-refractivity contribution in [2.45, 2.75) is 31.7 Å². The highest BCUT2D eigenvalue weighted by Crippen LogP contribution is 2.32. The zero-order valence-electron chi connectivity index (χ0n) is 12.7. The molecule has 4 nitrogen and oxygen atoms in total. The number of fused-ring (bicyclic) bond motifs is 1. The molecule has 1 aromatic heterocycles. The summed E-state index contributed by atoms with van der Waals surface area (Å²) in [6.07, 6.45) is 4.69. The van der Waals surface area contributed by atoms with Gasteiger partial charge < -0.3 is 9.73 Å². The van der Waals surface area contributed by atoms with Gasteiger partial charge in [0.25, 0.3) is 0 Å². The van der Waals surface area contributed by atoms with Gasteiger partial charge in [-0.05, 0) is 29.7 Å². The van der Waals surface area contributed by atoms with Crippen LogP contribution in [0.5, 0.6) is 0 Å². The van der Waals surface area contributed by atoms with Crippen molar-refractivity contribution in [1.82, 2.24) is 4.98 Å². The molecular weight excluding hydrogens is 286 g/mol. The van der Waals surface area contributed by atoms with Gasteiger partial charge in [0.1, 0.15) is 6.07 Å². The summed E-state index contributed by atoms with van der Waals surface area (Å²) in [5, 5.41) is 14.9. The first kappa shape index (κ1) is 13.8. The number of hydrogen-bond donors (Lipinski definition) is 1. The summed E-state index contributed by atoms with van der Waals surface area (Å²) in [6.45, 7) is 0. The predicted molar refractivity (Wildman–Crippen MR) is 90.0 cm³/mol. The maximum absolute atomic E-state index is 9.35. The lowest BCUT2D eigenvalue weighted by Crippen LogP contribution is -2.14. The van der Waals surface area contributed by atoms with Gasteiger partial charge in [-0.2, -0.15) is 10.2 Å². The largest absolute Gasteiger partial charge is 0.419 e. The molecule has 0 aliphatic heterocycles. The summed E-state index contributed by atoms with van der Waals surface area (Å²) in [4.78, 5) is 4.40. The van der Waals surface area contributed by atoms with E-state index < -0.39 is 0 Å². The second-order valence-corrected chi connectivity index (χ2v) is 5.96. The lowest BCUT2D eigenvalue weighted by atomic mass is 10.0. The van der Waals surface area contributed by atoms with Crippen molar-refractivity contribution in [1.29, 1.82) is 5.26 Å². The van der Waals surface area contributed by atoms with Crippen LogP contribution in [0.15, 0.2) is 46.9 Å². The molecule has 1 aliphatic carbocycles. The topological polar surface area (TPSA) is 61.9 Å². The Morgan fingerprint density at radius 2 is 1.87 bits per heavy atom. The smallest absolute Gasteiger partial charge is 0.232 e. The van der Waals surface area contributed by atoms with E-state index in [1.54, 1.807) is 0 Å². The van der Waals surface area contributed by atoms with Crippen molar-refractivity contribution in [2.75, 3.05) is 5.32 Å². The summed E-state index contributed by atoms with van der Waals surface area (Å²) < 4.78 is 5.92. The van der Waals surface area contributed by atoms with Crippen molar-refractivity contribution < 1.29 is 4.42 Å². The minimum absolute atomic E-state index is 0.333. The number of hydrogen-bond acceptors (Lipinski definition) is 4. The number of nitrogens with zero attached hydrogens (tertiary/aromatic N) is 2. The fourth-order valence-electron chi connectivity index (χ4n) is 3.28. The molecule has 0 spiro atoms. The fraction of sp³-hybridized carbons (Fsp3) is 0.263. The van der Waals surface area contributed by atoms with E-state index in [9.17, 15) is 5.26 Å². The van der Waals surface area contributed by atoms with E-state index in [0.29, 0.717) is 23.5 Å². The number of aromatic nitrogens is 1. The van der Waals surface area contributed by atoms with E-state index in [1.807, 2.05) is 30.3 Å². The Bertz CT molecular complexity index is 880. The minimum Gasteiger partial charge on any atom is -0.419 e. The molecule has 0 atom stereocenters. The van der Waals surface area contributed by atoms with Crippen LogP contribution >= 0.6 is 0 Å². The average Bonchev–Trinajstić information content (AvgIpc) is 3.24. The zero-order valence-corrected chi connectivity index (χ0v) is 12.7. The summed E-state index contributed by atoms with van der Waals surface area (Å²) in [5.74, 6) is 1.00. The molecule has 4 rings (SSSR count). The van der Waals surface area contributed by atoms with Gasteiger partial charge in [-0.15, -0.1) is 0 Å². The molecule has 0 radical (unpaired) electrons. The molecule has 1 fully saturated rings. The third-order valence-electron chi connectivity index (χ3n) is 4.44. The Kier molecular flexibility index (Phi) is 3.47. The molecule has 23 heavy (non-hydrogen) atoms. The average molecular weight is 303 g/mol. The standard InChI is InChI=1S/C19H17N3O/c20-12-17-19(21-14-8-2-3-9-14)23-18(22-17)16-11-5-7-13-6-1-4-10-15(13)16/h1,4-7,10-11,14,21H,2-3,8-9H2. The number of anilines is 1. The van der Waals surface area contributed by atoms with E-state index >= 15 is 0 Å². The Balaban J connectivity index is 1.76. The normalized spacial score (nSPS) is 14.9. The van der Waals surface area contributed by atoms with Gasteiger partial charge >= 0.3 is 0 Å². The van der Waals surface area contributed by atoms with Crippen LogP contribution < -0.4 is 5.32 Å². The maximum Gasteiger partial charge on any atom is 0.232 e. The third-order valence-corrected chi connectivity index (χ3v) is 4.44. The minimum atomic E-state index is 0.333. The highest BCUT2D eigenvalue weighted by molar-refractivity contribution is 5.94. The molecule has 0 saturated heterocycles. The number of nitrogens with one attached hydrogen (secondary N) is 1. The second-order valence-electron chi connectivity index (χ2n) is 5.96. The monoisotopic (exact) mass is 303 g/mol. The van der Waals surface area contributed by atoms with E-state index in [1.165, 1.54) is 12.8 Å². The van der Waals surface area contributed by atoms with E-state index in [2.05, 4.69) is 28.5 Å². The fourth-order valence-corrected chi connectivity index (χ4v) is 3.28. The highest BCUT2D eigenvalue weighted by atomic mass is 16.4. The quantitative estimate of drug-likeness (QED) is 0.760. The zero-order chi connectivity index (χ0) is 15.6. The van der Waals surface area contributed by atoms with Crippen LogP contribution in [0.4, 0.5) is 5.88 Å². The molecule has 4 heteroatoms. The van der Waals surface area contributed by atoms with Crippen LogP contribution in [0.3, 0.4) is 0 Å². The van der Waals surface area contributed by atoms with Gasteiger partial charge in [0.05, 0.1) is 0 Å². The van der Waals surface area contributed by atoms with Crippen molar-refractivity contribution in [3.63, 3.8) is 0 Å². The summed E-state index contributed by atoms with van der Waals surface area (Å²) >= 11 is 0. The number of oxazole rings is 1. The molecule has 0 unspecified atom stereocenters. The van der Waals surface area contributed by atoms with Crippen LogP contribution in [-0.4, -0.2) is 11.0 Å². The first-order chi connectivity index (χ1) is 11.3. The molecule has 1 aliphatic rings. The SMILES string of the molecule is N#Cc1nc(-c2cccc3ccccc23)oc1NC1CCCC1. The summed E-state index contributed by atoms with van der Waals surface area (Å²) in [5.41, 5.74) is 1.25. The predicted octanol–water partition coefficient (Wildman–Crippen LogP) is 4.72. The van der Waals surface area contributed by atoms with Crippen LogP contribution in [-0.2, 0) is 0 Å². The first-order valence-electron chi connectivity index (χ1n) is 8.01. The maximum atomic E-state index is 9.35. The molecule has 1 heterocycles. The van der Waals surface area contributed by atoms with Crippen molar-refractivity contribution in [3.05, 3.63) is 48.2 Å². The van der Waals surface area contributed by atoms with Gasteiger partial charge in [0.15, 0.2) is 0 Å². The first-order valence-corrected chi connectivity index (χ1v) is 8.01. The van der Waals surface area contributed by atoms with Crippen molar-refractivity contribution in [3.8, 4) is 17.5 Å². The molecule has 114 valence electrons. The highest BCUT2D eigenvalue weighted by Gasteiger charge is 2.21. The van der Waals surface area contributed by atoms with Crippen LogP contribution in [0.2, 0.25) is 0 Å². The summed E-state index contributed by atoms with van der Waals surface area (Å²) in [7, 11) is 0. The number of rotatable bonds is 3. The Hall–Kier alpha value is -2.80. The Morgan fingerprint density at radius 1 is 1.09 bits per heavy atom. The lowest BCUT2D eigenvalue weighted by molar-refractivity contribution is 0.572. The summed E-state index contributed by atoms with van der Waals surface area (Å²) in [6, 6.07) is 16.7. The van der Waals surface area contributed by atoms with Gasteiger partial charge in [-0.1, -0.05) is 49.2 Å². The third kappa shape index (κ3) is 2.55. The van der Waals surface area contributed by atoms with Crippen molar-refractivity contribution in [2.24, 2.45) is 0 Å². The molecule has 1 N–H and O–H groups in total. The van der Waals surface area contributed by atoms with Crippen LogP contribution in [0.25, 0.3) is 22.2 Å². The van der Waals surface area contributed by atoms with Crippen LogP contribution in [0.1, 0.15) is 31.4 Å². The van der Waals surface area contributed by atoms with E-state index in [4.69, 9.17) is 4.42 Å². The molecule has 0 amide bonds. The molecule has 1 saturated carbocycles. The Morgan fingerprint density at radius 3 is 2.70 bits per heavy atom. The van der Waals surface area contributed by atoms with Crippen LogP contribution in [0, 0.1) is 11.3 Å². The van der Waals surface area contributed by atoms with Gasteiger partial charge in [-0.25, -0.2) is 0 Å².